The van der Waals surface area contributed by atoms with Crippen molar-refractivity contribution in [2.45, 2.75) is 37.8 Å². The third-order valence-corrected chi connectivity index (χ3v) is 3.45. The maximum absolute atomic E-state index is 5.86. The van der Waals surface area contributed by atoms with Gasteiger partial charge in [0.25, 0.3) is 0 Å². The molecular formula is C13H19ClN2O. The quantitative estimate of drug-likeness (QED) is 0.626. The Labute approximate surface area is 107 Å². The summed E-state index contributed by atoms with van der Waals surface area (Å²) in [5.74, 6) is 5.60. The van der Waals surface area contributed by atoms with Gasteiger partial charge in [0.05, 0.1) is 6.10 Å². The second kappa shape index (κ2) is 6.36. The molecule has 1 aromatic carbocycles. The van der Waals surface area contributed by atoms with Crippen LogP contribution in [0.25, 0.3) is 0 Å². The molecule has 1 aliphatic heterocycles. The molecule has 0 aromatic heterocycles. The zero-order valence-corrected chi connectivity index (χ0v) is 10.6. The summed E-state index contributed by atoms with van der Waals surface area (Å²) >= 11 is 5.86. The summed E-state index contributed by atoms with van der Waals surface area (Å²) in [5.41, 5.74) is 4.12. The van der Waals surface area contributed by atoms with E-state index in [0.717, 1.165) is 30.9 Å². The van der Waals surface area contributed by atoms with E-state index in [2.05, 4.69) is 5.43 Å². The fraction of sp³-hybridized carbons (Fsp3) is 0.538. The van der Waals surface area contributed by atoms with Crippen LogP contribution in [-0.4, -0.2) is 18.8 Å². The molecule has 1 aliphatic rings. The minimum atomic E-state index is 0.263. The Bertz CT molecular complexity index is 336. The molecule has 2 atom stereocenters. The number of benzene rings is 1. The molecule has 2 rings (SSSR count). The lowest BCUT2D eigenvalue weighted by Gasteiger charge is -2.19. The molecule has 0 spiro atoms. The average Bonchev–Trinajstić information content (AvgIpc) is 2.84. The summed E-state index contributed by atoms with van der Waals surface area (Å²) in [6, 6.07) is 8.18. The van der Waals surface area contributed by atoms with E-state index in [-0.39, 0.29) is 6.04 Å². The molecular weight excluding hydrogens is 236 g/mol. The van der Waals surface area contributed by atoms with Gasteiger partial charge in [-0.25, -0.2) is 0 Å². The normalized spacial score (nSPS) is 21.6. The summed E-state index contributed by atoms with van der Waals surface area (Å²) in [4.78, 5) is 0. The van der Waals surface area contributed by atoms with E-state index in [9.17, 15) is 0 Å². The molecule has 0 aliphatic carbocycles. The van der Waals surface area contributed by atoms with Crippen molar-refractivity contribution in [2.24, 2.45) is 5.84 Å². The van der Waals surface area contributed by atoms with Gasteiger partial charge >= 0.3 is 0 Å². The van der Waals surface area contributed by atoms with Gasteiger partial charge < -0.3 is 4.74 Å². The number of rotatable bonds is 5. The van der Waals surface area contributed by atoms with Crippen LogP contribution in [0.2, 0.25) is 5.02 Å². The van der Waals surface area contributed by atoms with E-state index in [4.69, 9.17) is 22.2 Å². The molecule has 0 amide bonds. The van der Waals surface area contributed by atoms with E-state index in [1.165, 1.54) is 12.0 Å². The van der Waals surface area contributed by atoms with Crippen molar-refractivity contribution in [3.63, 3.8) is 0 Å². The molecule has 17 heavy (non-hydrogen) atoms. The predicted molar refractivity (Wildman–Crippen MR) is 69.9 cm³/mol. The first kappa shape index (κ1) is 12.8. The summed E-state index contributed by atoms with van der Waals surface area (Å²) in [6.45, 7) is 0.892. The molecule has 1 aromatic rings. The van der Waals surface area contributed by atoms with Gasteiger partial charge in [-0.2, -0.15) is 0 Å². The zero-order chi connectivity index (χ0) is 12.1. The minimum absolute atomic E-state index is 0.263. The van der Waals surface area contributed by atoms with Crippen molar-refractivity contribution in [3.8, 4) is 0 Å². The maximum atomic E-state index is 5.86. The molecule has 1 heterocycles. The van der Waals surface area contributed by atoms with Crippen molar-refractivity contribution in [1.82, 2.24) is 5.43 Å². The fourth-order valence-electron chi connectivity index (χ4n) is 2.26. The molecule has 0 bridgehead atoms. The van der Waals surface area contributed by atoms with Gasteiger partial charge in [0.1, 0.15) is 0 Å². The topological polar surface area (TPSA) is 47.3 Å². The van der Waals surface area contributed by atoms with Gasteiger partial charge in [-0.1, -0.05) is 23.7 Å². The first-order chi connectivity index (χ1) is 8.28. The molecule has 2 unspecified atom stereocenters. The number of hydrogen-bond acceptors (Lipinski definition) is 3. The maximum Gasteiger partial charge on any atom is 0.0591 e. The molecule has 4 heteroatoms. The van der Waals surface area contributed by atoms with Crippen molar-refractivity contribution in [1.29, 1.82) is 0 Å². The number of nitrogens with one attached hydrogen (secondary N) is 1. The highest BCUT2D eigenvalue weighted by Crippen LogP contribution is 2.19. The first-order valence-corrected chi connectivity index (χ1v) is 6.48. The van der Waals surface area contributed by atoms with Gasteiger partial charge in [0.2, 0.25) is 0 Å². The number of nitrogens with two attached hydrogens (primary N) is 1. The van der Waals surface area contributed by atoms with Crippen molar-refractivity contribution in [2.75, 3.05) is 6.61 Å². The lowest BCUT2D eigenvalue weighted by Crippen LogP contribution is -2.39. The van der Waals surface area contributed by atoms with Crippen LogP contribution in [0.5, 0.6) is 0 Å². The monoisotopic (exact) mass is 254 g/mol. The lowest BCUT2D eigenvalue weighted by molar-refractivity contribution is 0.0946. The third kappa shape index (κ3) is 3.96. The van der Waals surface area contributed by atoms with E-state index >= 15 is 0 Å². The number of hydrazine groups is 1. The Hall–Kier alpha value is -0.610. The van der Waals surface area contributed by atoms with Crippen molar-refractivity contribution in [3.05, 3.63) is 34.9 Å². The summed E-state index contributed by atoms with van der Waals surface area (Å²) in [7, 11) is 0. The van der Waals surface area contributed by atoms with Crippen molar-refractivity contribution >= 4 is 11.6 Å². The summed E-state index contributed by atoms with van der Waals surface area (Å²) in [5, 5.41) is 0.769. The van der Waals surface area contributed by atoms with Crippen LogP contribution in [0.1, 0.15) is 24.8 Å². The summed E-state index contributed by atoms with van der Waals surface area (Å²) < 4.78 is 5.63. The molecule has 94 valence electrons. The minimum Gasteiger partial charge on any atom is -0.378 e. The largest absolute Gasteiger partial charge is 0.378 e. The second-order valence-electron chi connectivity index (χ2n) is 4.56. The summed E-state index contributed by atoms with van der Waals surface area (Å²) in [6.07, 6.45) is 4.57. The van der Waals surface area contributed by atoms with E-state index in [0.29, 0.717) is 6.10 Å². The molecule has 1 saturated heterocycles. The van der Waals surface area contributed by atoms with Crippen LogP contribution in [-0.2, 0) is 11.2 Å². The number of hydrogen-bond donors (Lipinski definition) is 2. The van der Waals surface area contributed by atoms with Crippen LogP contribution in [0, 0.1) is 0 Å². The van der Waals surface area contributed by atoms with Gasteiger partial charge in [0, 0.05) is 17.7 Å². The highest BCUT2D eigenvalue weighted by molar-refractivity contribution is 6.30. The van der Waals surface area contributed by atoms with Gasteiger partial charge in [-0.15, -0.1) is 0 Å². The van der Waals surface area contributed by atoms with Crippen LogP contribution in [0.4, 0.5) is 0 Å². The van der Waals surface area contributed by atoms with Crippen LogP contribution in [0.3, 0.4) is 0 Å². The molecule has 3 nitrogen and oxygen atoms in total. The predicted octanol–water partition coefficient (Wildman–Crippen LogP) is 2.28. The highest BCUT2D eigenvalue weighted by Gasteiger charge is 2.20. The van der Waals surface area contributed by atoms with Crippen molar-refractivity contribution < 1.29 is 4.74 Å². The fourth-order valence-corrected chi connectivity index (χ4v) is 2.39. The van der Waals surface area contributed by atoms with Gasteiger partial charge in [-0.05, 0) is 43.4 Å². The highest BCUT2D eigenvalue weighted by atomic mass is 35.5. The average molecular weight is 255 g/mol. The third-order valence-electron chi connectivity index (χ3n) is 3.20. The molecule has 1 fully saturated rings. The van der Waals surface area contributed by atoms with Crippen LogP contribution >= 0.6 is 11.6 Å². The number of ether oxygens (including phenoxy) is 1. The Balaban J connectivity index is 1.87. The SMILES string of the molecule is NNC(Cc1ccc(Cl)cc1)CC1CCCO1. The van der Waals surface area contributed by atoms with Gasteiger partial charge in [-0.3, -0.25) is 11.3 Å². The van der Waals surface area contributed by atoms with Crippen LogP contribution < -0.4 is 11.3 Å². The Kier molecular flexibility index (Phi) is 4.80. The van der Waals surface area contributed by atoms with Gasteiger partial charge in [0.15, 0.2) is 0 Å². The van der Waals surface area contributed by atoms with E-state index in [1.54, 1.807) is 0 Å². The smallest absolute Gasteiger partial charge is 0.0591 e. The molecule has 0 radical (unpaired) electrons. The number of halogens is 1. The first-order valence-electron chi connectivity index (χ1n) is 6.10. The zero-order valence-electron chi connectivity index (χ0n) is 9.86. The second-order valence-corrected chi connectivity index (χ2v) is 5.00. The molecule has 0 saturated carbocycles. The van der Waals surface area contributed by atoms with E-state index in [1.807, 2.05) is 24.3 Å². The standard InChI is InChI=1S/C13H19ClN2O/c14-11-5-3-10(4-6-11)8-12(16-15)9-13-2-1-7-17-13/h3-6,12-13,16H,1-2,7-9,15H2. The molecule has 3 N–H and O–H groups in total. The Morgan fingerprint density at radius 1 is 1.41 bits per heavy atom. The Morgan fingerprint density at radius 2 is 2.18 bits per heavy atom. The van der Waals surface area contributed by atoms with Crippen LogP contribution in [0.15, 0.2) is 24.3 Å². The Morgan fingerprint density at radius 3 is 2.76 bits per heavy atom. The lowest BCUT2D eigenvalue weighted by atomic mass is 10.00. The van der Waals surface area contributed by atoms with E-state index < -0.39 is 0 Å².